The van der Waals surface area contributed by atoms with E-state index in [2.05, 4.69) is 24.3 Å². The Balaban J connectivity index is 1.65. The summed E-state index contributed by atoms with van der Waals surface area (Å²) in [5.41, 5.74) is 2.74. The van der Waals surface area contributed by atoms with E-state index < -0.39 is 11.9 Å². The molecular weight excluding hydrogens is 456 g/mol. The van der Waals surface area contributed by atoms with Gasteiger partial charge < -0.3 is 18.9 Å². The van der Waals surface area contributed by atoms with Gasteiger partial charge in [-0.05, 0) is 61.8 Å². The number of aryl methyl sites for hydroxylation is 2. The van der Waals surface area contributed by atoms with Crippen molar-refractivity contribution in [2.45, 2.75) is 38.5 Å². The van der Waals surface area contributed by atoms with E-state index in [-0.39, 0.29) is 11.1 Å². The molecule has 6 heteroatoms. The Bertz CT molecular complexity index is 1010. The Morgan fingerprint density at radius 1 is 0.583 bits per heavy atom. The molecule has 36 heavy (non-hydrogen) atoms. The van der Waals surface area contributed by atoms with Crippen LogP contribution in [-0.4, -0.2) is 39.4 Å². The molecule has 0 aliphatic rings. The van der Waals surface area contributed by atoms with E-state index in [1.807, 2.05) is 36.4 Å². The molecule has 3 aromatic carbocycles. The molecular formula is C30H34O6. The Hall–Kier alpha value is -3.80. The second-order valence-corrected chi connectivity index (χ2v) is 8.41. The molecule has 3 rings (SSSR count). The van der Waals surface area contributed by atoms with Crippen LogP contribution in [0.25, 0.3) is 0 Å². The van der Waals surface area contributed by atoms with E-state index in [1.54, 1.807) is 0 Å². The van der Waals surface area contributed by atoms with Crippen LogP contribution in [0.3, 0.4) is 0 Å². The van der Waals surface area contributed by atoms with Crippen LogP contribution in [0.5, 0.6) is 11.5 Å². The fourth-order valence-electron chi connectivity index (χ4n) is 3.86. The van der Waals surface area contributed by atoms with Crippen molar-refractivity contribution < 1.29 is 28.5 Å². The van der Waals surface area contributed by atoms with E-state index in [9.17, 15) is 9.59 Å². The summed E-state index contributed by atoms with van der Waals surface area (Å²) < 4.78 is 21.8. The Labute approximate surface area is 213 Å². The van der Waals surface area contributed by atoms with Crippen LogP contribution in [0, 0.1) is 0 Å². The smallest absolute Gasteiger partial charge is 0.338 e. The molecule has 0 saturated heterocycles. The largest absolute Gasteiger partial charge is 0.490 e. The molecule has 0 aliphatic heterocycles. The lowest BCUT2D eigenvalue weighted by atomic mass is 10.1. The normalized spacial score (nSPS) is 10.5. The molecule has 0 heterocycles. The van der Waals surface area contributed by atoms with Crippen molar-refractivity contribution in [3.63, 3.8) is 0 Å². The Kier molecular flexibility index (Phi) is 10.8. The first-order valence-electron chi connectivity index (χ1n) is 12.3. The van der Waals surface area contributed by atoms with Gasteiger partial charge in [0.1, 0.15) is 0 Å². The number of carbonyl (C=O) groups is 2. The van der Waals surface area contributed by atoms with Crippen LogP contribution in [0.15, 0.2) is 72.8 Å². The first kappa shape index (κ1) is 26.8. The lowest BCUT2D eigenvalue weighted by Crippen LogP contribution is -2.14. The third-order valence-electron chi connectivity index (χ3n) is 5.81. The monoisotopic (exact) mass is 490 g/mol. The molecule has 6 nitrogen and oxygen atoms in total. The molecule has 0 saturated carbocycles. The molecule has 0 radical (unpaired) electrons. The van der Waals surface area contributed by atoms with Gasteiger partial charge in [-0.25, -0.2) is 9.59 Å². The summed E-state index contributed by atoms with van der Waals surface area (Å²) in [4.78, 5) is 24.7. The molecule has 0 bridgehead atoms. The van der Waals surface area contributed by atoms with Crippen molar-refractivity contribution in [2.24, 2.45) is 0 Å². The average molecular weight is 491 g/mol. The van der Waals surface area contributed by atoms with Gasteiger partial charge in [0.05, 0.1) is 38.6 Å². The summed E-state index contributed by atoms with van der Waals surface area (Å²) >= 11 is 0. The van der Waals surface area contributed by atoms with Gasteiger partial charge in [-0.1, -0.05) is 60.7 Å². The summed E-state index contributed by atoms with van der Waals surface area (Å²) in [6.07, 6.45) is 5.51. The third-order valence-corrected chi connectivity index (χ3v) is 5.81. The van der Waals surface area contributed by atoms with Crippen LogP contribution in [-0.2, 0) is 22.3 Å². The standard InChI is InChI=1S/C30H34O6/c1-33-29(31)25-21-27(35-19-11-9-17-23-13-5-3-6-14-23)28(22-26(25)30(32)34-2)36-20-12-10-18-24-15-7-4-8-16-24/h3-8,13-16,21-22H,9-12,17-20H2,1-2H3. The zero-order chi connectivity index (χ0) is 25.6. The SMILES string of the molecule is COC(=O)c1cc(OCCCCc2ccccc2)c(OCCCCc2ccccc2)cc1C(=O)OC. The maximum Gasteiger partial charge on any atom is 0.338 e. The maximum absolute atomic E-state index is 12.4. The quantitative estimate of drug-likeness (QED) is 0.202. The summed E-state index contributed by atoms with van der Waals surface area (Å²) in [7, 11) is 2.54. The van der Waals surface area contributed by atoms with Gasteiger partial charge in [0.25, 0.3) is 0 Å². The fraction of sp³-hybridized carbons (Fsp3) is 0.333. The Morgan fingerprint density at radius 3 is 1.33 bits per heavy atom. The minimum Gasteiger partial charge on any atom is -0.490 e. The number of methoxy groups -OCH3 is 2. The highest BCUT2D eigenvalue weighted by molar-refractivity contribution is 6.04. The van der Waals surface area contributed by atoms with Crippen molar-refractivity contribution >= 4 is 11.9 Å². The Morgan fingerprint density at radius 2 is 0.972 bits per heavy atom. The summed E-state index contributed by atoms with van der Waals surface area (Å²) in [6, 6.07) is 23.6. The zero-order valence-corrected chi connectivity index (χ0v) is 21.0. The number of ether oxygens (including phenoxy) is 4. The maximum atomic E-state index is 12.4. The van der Waals surface area contributed by atoms with Crippen molar-refractivity contribution in [1.29, 1.82) is 0 Å². The molecule has 0 aromatic heterocycles. The molecule has 0 N–H and O–H groups in total. The second kappa shape index (κ2) is 14.6. The topological polar surface area (TPSA) is 71.1 Å². The molecule has 190 valence electrons. The second-order valence-electron chi connectivity index (χ2n) is 8.41. The highest BCUT2D eigenvalue weighted by Gasteiger charge is 2.23. The van der Waals surface area contributed by atoms with Crippen molar-refractivity contribution in [3.8, 4) is 11.5 Å². The molecule has 0 atom stereocenters. The zero-order valence-electron chi connectivity index (χ0n) is 21.0. The highest BCUT2D eigenvalue weighted by Crippen LogP contribution is 2.32. The third kappa shape index (κ3) is 8.15. The summed E-state index contributed by atoms with van der Waals surface area (Å²) in [5.74, 6) is -0.464. The number of unbranched alkanes of at least 4 members (excludes halogenated alkanes) is 2. The van der Waals surface area contributed by atoms with Crippen molar-refractivity contribution in [1.82, 2.24) is 0 Å². The summed E-state index contributed by atoms with van der Waals surface area (Å²) in [5, 5.41) is 0. The van der Waals surface area contributed by atoms with E-state index >= 15 is 0 Å². The number of hydrogen-bond acceptors (Lipinski definition) is 6. The highest BCUT2D eigenvalue weighted by atomic mass is 16.5. The fourth-order valence-corrected chi connectivity index (χ4v) is 3.86. The number of esters is 2. The molecule has 0 aliphatic carbocycles. The van der Waals surface area contributed by atoms with Crippen LogP contribution < -0.4 is 9.47 Å². The first-order valence-corrected chi connectivity index (χ1v) is 12.3. The number of benzene rings is 3. The van der Waals surface area contributed by atoms with Gasteiger partial charge in [-0.3, -0.25) is 0 Å². The van der Waals surface area contributed by atoms with E-state index in [4.69, 9.17) is 18.9 Å². The lowest BCUT2D eigenvalue weighted by Gasteiger charge is -2.16. The predicted molar refractivity (Wildman–Crippen MR) is 139 cm³/mol. The number of rotatable bonds is 14. The van der Waals surface area contributed by atoms with Crippen LogP contribution in [0.2, 0.25) is 0 Å². The number of hydrogen-bond donors (Lipinski definition) is 0. The van der Waals surface area contributed by atoms with Crippen molar-refractivity contribution in [3.05, 3.63) is 95.1 Å². The van der Waals surface area contributed by atoms with Gasteiger partial charge in [0.15, 0.2) is 11.5 Å². The minimum atomic E-state index is -0.640. The molecule has 0 unspecified atom stereocenters. The summed E-state index contributed by atoms with van der Waals surface area (Å²) in [6.45, 7) is 0.908. The van der Waals surface area contributed by atoms with E-state index in [0.717, 1.165) is 38.5 Å². The van der Waals surface area contributed by atoms with Gasteiger partial charge in [0, 0.05) is 0 Å². The van der Waals surface area contributed by atoms with Gasteiger partial charge in [0.2, 0.25) is 0 Å². The minimum absolute atomic E-state index is 0.0834. The average Bonchev–Trinajstić information content (AvgIpc) is 2.93. The predicted octanol–water partition coefficient (Wildman–Crippen LogP) is 6.06. The van der Waals surface area contributed by atoms with Crippen LogP contribution >= 0.6 is 0 Å². The first-order chi connectivity index (χ1) is 17.6. The van der Waals surface area contributed by atoms with Crippen LogP contribution in [0.4, 0.5) is 0 Å². The van der Waals surface area contributed by atoms with Crippen molar-refractivity contribution in [2.75, 3.05) is 27.4 Å². The van der Waals surface area contributed by atoms with Crippen LogP contribution in [0.1, 0.15) is 57.5 Å². The molecule has 0 spiro atoms. The lowest BCUT2D eigenvalue weighted by molar-refractivity contribution is 0.0554. The molecule has 3 aromatic rings. The molecule has 0 fully saturated rings. The van der Waals surface area contributed by atoms with Gasteiger partial charge in [-0.15, -0.1) is 0 Å². The number of carbonyl (C=O) groups excluding carboxylic acids is 2. The van der Waals surface area contributed by atoms with E-state index in [1.165, 1.54) is 37.5 Å². The van der Waals surface area contributed by atoms with Gasteiger partial charge >= 0.3 is 11.9 Å². The van der Waals surface area contributed by atoms with Gasteiger partial charge in [-0.2, -0.15) is 0 Å². The van der Waals surface area contributed by atoms with E-state index in [0.29, 0.717) is 24.7 Å². The molecule has 0 amide bonds.